The first kappa shape index (κ1) is 12.1. The van der Waals surface area contributed by atoms with Crippen LogP contribution in [0, 0.1) is 0 Å². The third-order valence-corrected chi connectivity index (χ3v) is 3.07. The van der Waals surface area contributed by atoms with Gasteiger partial charge in [-0.05, 0) is 38.5 Å². The van der Waals surface area contributed by atoms with Crippen molar-refractivity contribution < 1.29 is 9.53 Å². The number of rotatable bonds is 3. The number of ether oxygens (including phenoxy) is 1. The number of ketones is 1. The number of methoxy groups -OCH3 is 1. The first-order valence-corrected chi connectivity index (χ1v) is 5.12. The second kappa shape index (κ2) is 4.23. The molecule has 3 heteroatoms. The molecular formula is C12H15ClO2. The molecule has 0 bridgehead atoms. The second-order valence-electron chi connectivity index (χ2n) is 4.03. The Morgan fingerprint density at radius 1 is 1.40 bits per heavy atom. The van der Waals surface area contributed by atoms with E-state index in [1.165, 1.54) is 0 Å². The van der Waals surface area contributed by atoms with Crippen LogP contribution in [0.1, 0.15) is 26.3 Å². The molecule has 0 fully saturated rings. The topological polar surface area (TPSA) is 26.3 Å². The van der Waals surface area contributed by atoms with Crippen molar-refractivity contribution in [2.24, 2.45) is 0 Å². The van der Waals surface area contributed by atoms with Gasteiger partial charge in [0.25, 0.3) is 0 Å². The van der Waals surface area contributed by atoms with Crippen molar-refractivity contribution in [3.63, 3.8) is 0 Å². The van der Waals surface area contributed by atoms with E-state index in [0.29, 0.717) is 10.8 Å². The van der Waals surface area contributed by atoms with Crippen LogP contribution in [0.25, 0.3) is 0 Å². The fourth-order valence-corrected chi connectivity index (χ4v) is 1.45. The van der Waals surface area contributed by atoms with E-state index in [2.05, 4.69) is 0 Å². The predicted octanol–water partition coefficient (Wildman–Crippen LogP) is 3.22. The lowest BCUT2D eigenvalue weighted by atomic mass is 9.81. The highest BCUT2D eigenvalue weighted by Gasteiger charge is 2.26. The van der Waals surface area contributed by atoms with Gasteiger partial charge in [0.1, 0.15) is 11.5 Å². The van der Waals surface area contributed by atoms with Gasteiger partial charge in [0.05, 0.1) is 12.1 Å². The molecule has 0 aromatic heterocycles. The van der Waals surface area contributed by atoms with Crippen LogP contribution < -0.4 is 4.74 Å². The molecule has 0 unspecified atom stereocenters. The van der Waals surface area contributed by atoms with Gasteiger partial charge in [0.2, 0.25) is 0 Å². The van der Waals surface area contributed by atoms with Gasteiger partial charge >= 0.3 is 0 Å². The summed E-state index contributed by atoms with van der Waals surface area (Å²) < 4.78 is 5.12. The van der Waals surface area contributed by atoms with E-state index in [1.54, 1.807) is 20.1 Å². The van der Waals surface area contributed by atoms with E-state index in [1.807, 2.05) is 26.0 Å². The van der Waals surface area contributed by atoms with Crippen molar-refractivity contribution in [1.29, 1.82) is 0 Å². The van der Waals surface area contributed by atoms with Crippen molar-refractivity contribution in [2.75, 3.05) is 7.11 Å². The Kier molecular flexibility index (Phi) is 3.40. The zero-order valence-corrected chi connectivity index (χ0v) is 10.2. The average Bonchev–Trinajstić information content (AvgIpc) is 2.18. The molecule has 0 radical (unpaired) electrons. The number of hydrogen-bond acceptors (Lipinski definition) is 2. The average molecular weight is 227 g/mol. The van der Waals surface area contributed by atoms with Crippen molar-refractivity contribution >= 4 is 17.4 Å². The Hall–Kier alpha value is -1.02. The van der Waals surface area contributed by atoms with Crippen molar-refractivity contribution in [3.8, 4) is 5.75 Å². The molecule has 0 amide bonds. The molecule has 82 valence electrons. The summed E-state index contributed by atoms with van der Waals surface area (Å²) in [5.74, 6) is 0.718. The predicted molar refractivity (Wildman–Crippen MR) is 61.7 cm³/mol. The summed E-state index contributed by atoms with van der Waals surface area (Å²) in [6.45, 7) is 5.36. The first-order valence-electron chi connectivity index (χ1n) is 4.74. The third kappa shape index (κ3) is 2.32. The highest BCUT2D eigenvalue weighted by Crippen LogP contribution is 2.31. The summed E-state index contributed by atoms with van der Waals surface area (Å²) in [5.41, 5.74) is 0.411. The van der Waals surface area contributed by atoms with Crippen molar-refractivity contribution in [2.45, 2.75) is 26.2 Å². The quantitative estimate of drug-likeness (QED) is 0.791. The molecule has 0 N–H and O–H groups in total. The molecule has 1 rings (SSSR count). The number of carbonyl (C=O) groups excluding carboxylic acids is 1. The zero-order valence-electron chi connectivity index (χ0n) is 9.43. The van der Waals surface area contributed by atoms with Crippen LogP contribution in [-0.2, 0) is 10.2 Å². The molecule has 0 saturated carbocycles. The molecular weight excluding hydrogens is 212 g/mol. The second-order valence-corrected chi connectivity index (χ2v) is 4.44. The van der Waals surface area contributed by atoms with Gasteiger partial charge in [0, 0.05) is 5.41 Å². The van der Waals surface area contributed by atoms with Gasteiger partial charge in [-0.3, -0.25) is 4.79 Å². The van der Waals surface area contributed by atoms with Gasteiger partial charge in [-0.2, -0.15) is 0 Å². The van der Waals surface area contributed by atoms with E-state index in [4.69, 9.17) is 16.3 Å². The lowest BCUT2D eigenvalue weighted by Crippen LogP contribution is -2.26. The highest BCUT2D eigenvalue weighted by molar-refractivity contribution is 6.32. The molecule has 0 aliphatic rings. The largest absolute Gasteiger partial charge is 0.495 e. The Bertz CT molecular complexity index is 383. The number of benzene rings is 1. The van der Waals surface area contributed by atoms with Gasteiger partial charge in [-0.15, -0.1) is 0 Å². The van der Waals surface area contributed by atoms with Crippen molar-refractivity contribution in [3.05, 3.63) is 28.8 Å². The van der Waals surface area contributed by atoms with Crippen LogP contribution in [-0.4, -0.2) is 12.9 Å². The lowest BCUT2D eigenvalue weighted by Gasteiger charge is -2.22. The normalized spacial score (nSPS) is 11.3. The van der Waals surface area contributed by atoms with Crippen LogP contribution in [0.4, 0.5) is 0 Å². The zero-order chi connectivity index (χ0) is 11.6. The van der Waals surface area contributed by atoms with E-state index in [9.17, 15) is 4.79 Å². The van der Waals surface area contributed by atoms with E-state index >= 15 is 0 Å². The fraction of sp³-hybridized carbons (Fsp3) is 0.417. The minimum Gasteiger partial charge on any atom is -0.495 e. The Balaban J connectivity index is 3.22. The van der Waals surface area contributed by atoms with Gasteiger partial charge < -0.3 is 4.74 Å². The summed E-state index contributed by atoms with van der Waals surface area (Å²) in [6.07, 6.45) is 0. The summed E-state index contributed by atoms with van der Waals surface area (Å²) >= 11 is 5.92. The molecule has 15 heavy (non-hydrogen) atoms. The Morgan fingerprint density at radius 2 is 2.00 bits per heavy atom. The standard InChI is InChI=1S/C12H15ClO2/c1-8(14)12(2,3)9-5-6-10(13)11(7-9)15-4/h5-7H,1-4H3. The molecule has 0 aliphatic carbocycles. The summed E-state index contributed by atoms with van der Waals surface area (Å²) in [5, 5.41) is 0.556. The van der Waals surface area contributed by atoms with E-state index < -0.39 is 5.41 Å². The maximum absolute atomic E-state index is 11.5. The summed E-state index contributed by atoms with van der Waals surface area (Å²) in [4.78, 5) is 11.5. The maximum Gasteiger partial charge on any atom is 0.139 e. The van der Waals surface area contributed by atoms with E-state index in [0.717, 1.165) is 5.56 Å². The van der Waals surface area contributed by atoms with Crippen molar-refractivity contribution in [1.82, 2.24) is 0 Å². The minimum atomic E-state index is -0.502. The van der Waals surface area contributed by atoms with Gasteiger partial charge in [-0.1, -0.05) is 17.7 Å². The van der Waals surface area contributed by atoms with Crippen LogP contribution in [0.2, 0.25) is 5.02 Å². The summed E-state index contributed by atoms with van der Waals surface area (Å²) in [7, 11) is 1.56. The molecule has 0 spiro atoms. The SMILES string of the molecule is COc1cc(C(C)(C)C(C)=O)ccc1Cl. The van der Waals surface area contributed by atoms with Crippen LogP contribution in [0.3, 0.4) is 0 Å². The molecule has 0 aliphatic heterocycles. The number of hydrogen-bond donors (Lipinski definition) is 0. The fourth-order valence-electron chi connectivity index (χ4n) is 1.25. The number of Topliss-reactive ketones (excluding diaryl/α,β-unsaturated/α-hetero) is 1. The third-order valence-electron chi connectivity index (χ3n) is 2.75. The Morgan fingerprint density at radius 3 is 2.47 bits per heavy atom. The molecule has 0 heterocycles. The first-order chi connectivity index (χ1) is 6.89. The lowest BCUT2D eigenvalue weighted by molar-refractivity contribution is -0.121. The monoisotopic (exact) mass is 226 g/mol. The number of carbonyl (C=O) groups is 1. The maximum atomic E-state index is 11.5. The van der Waals surface area contributed by atoms with Crippen LogP contribution in [0.15, 0.2) is 18.2 Å². The molecule has 1 aromatic carbocycles. The van der Waals surface area contributed by atoms with Crippen LogP contribution in [0.5, 0.6) is 5.75 Å². The van der Waals surface area contributed by atoms with Gasteiger partial charge in [0.15, 0.2) is 0 Å². The number of halogens is 1. The molecule has 2 nitrogen and oxygen atoms in total. The van der Waals surface area contributed by atoms with E-state index in [-0.39, 0.29) is 5.78 Å². The molecule has 0 atom stereocenters. The highest BCUT2D eigenvalue weighted by atomic mass is 35.5. The van der Waals surface area contributed by atoms with Gasteiger partial charge in [-0.25, -0.2) is 0 Å². The summed E-state index contributed by atoms with van der Waals surface area (Å²) in [6, 6.07) is 5.41. The molecule has 0 saturated heterocycles. The molecule has 1 aromatic rings. The smallest absolute Gasteiger partial charge is 0.139 e. The minimum absolute atomic E-state index is 0.117. The Labute approximate surface area is 95.2 Å². The van der Waals surface area contributed by atoms with Crippen LogP contribution >= 0.6 is 11.6 Å².